The maximum absolute atomic E-state index is 3.95. The highest BCUT2D eigenvalue weighted by molar-refractivity contribution is 4.81. The topological polar surface area (TPSA) is 0 Å². The van der Waals surface area contributed by atoms with Crippen LogP contribution in [0.5, 0.6) is 0 Å². The molecule has 0 aliphatic carbocycles. The van der Waals surface area contributed by atoms with E-state index in [0.29, 0.717) is 0 Å². The highest BCUT2D eigenvalue weighted by Gasteiger charge is 2.10. The van der Waals surface area contributed by atoms with Crippen molar-refractivity contribution in [2.75, 3.05) is 0 Å². The van der Waals surface area contributed by atoms with Crippen molar-refractivity contribution in [2.24, 2.45) is 11.8 Å². The summed E-state index contributed by atoms with van der Waals surface area (Å²) in [6, 6.07) is 0. The Morgan fingerprint density at radius 2 is 1.21 bits per heavy atom. The molecule has 0 rings (SSSR count). The van der Waals surface area contributed by atoms with Crippen molar-refractivity contribution < 1.29 is 0 Å². The molecule has 0 aliphatic rings. The smallest absolute Gasteiger partial charge is 0.0351 e. The van der Waals surface area contributed by atoms with E-state index in [2.05, 4.69) is 39.8 Å². The Bertz CT molecular complexity index is 251. The van der Waals surface area contributed by atoms with Crippen LogP contribution >= 0.6 is 0 Å². The molecule has 0 amide bonds. The van der Waals surface area contributed by atoms with Gasteiger partial charge in [-0.25, -0.2) is 0 Å². The van der Waals surface area contributed by atoms with Gasteiger partial charge in [-0.2, -0.15) is 0 Å². The first kappa shape index (κ1) is 23.7. The summed E-state index contributed by atoms with van der Waals surface area (Å²) < 4.78 is 0. The fraction of sp³-hybridized carbons (Fsp3) is 0.833. The molecule has 24 heavy (non-hydrogen) atoms. The molecule has 0 heteroatoms. The van der Waals surface area contributed by atoms with Gasteiger partial charge in [-0.15, -0.1) is 0 Å². The van der Waals surface area contributed by atoms with Crippen molar-refractivity contribution >= 4 is 0 Å². The number of hydrogen-bond donors (Lipinski definition) is 0. The molecule has 0 spiro atoms. The van der Waals surface area contributed by atoms with Crippen LogP contribution in [0.4, 0.5) is 0 Å². The summed E-state index contributed by atoms with van der Waals surface area (Å²) in [5, 5.41) is 0. The van der Waals surface area contributed by atoms with Gasteiger partial charge >= 0.3 is 0 Å². The summed E-state index contributed by atoms with van der Waals surface area (Å²) in [7, 11) is 0. The third kappa shape index (κ3) is 18.1. The zero-order valence-corrected chi connectivity index (χ0v) is 17.0. The van der Waals surface area contributed by atoms with Gasteiger partial charge in [0.05, 0.1) is 0 Å². The second-order valence-electron chi connectivity index (χ2n) is 8.01. The van der Waals surface area contributed by atoms with Crippen LogP contribution in [0.3, 0.4) is 0 Å². The molecule has 0 saturated heterocycles. The van der Waals surface area contributed by atoms with E-state index in [4.69, 9.17) is 0 Å². The molecule has 0 fully saturated rings. The summed E-state index contributed by atoms with van der Waals surface area (Å²) in [4.78, 5) is 0. The molecule has 0 saturated carbocycles. The molecule has 0 bridgehead atoms. The van der Waals surface area contributed by atoms with E-state index < -0.39 is 0 Å². The van der Waals surface area contributed by atoms with Crippen LogP contribution in [-0.4, -0.2) is 0 Å². The van der Waals surface area contributed by atoms with E-state index in [9.17, 15) is 0 Å². The zero-order valence-electron chi connectivity index (χ0n) is 17.0. The van der Waals surface area contributed by atoms with E-state index in [1.807, 2.05) is 0 Å². The maximum Gasteiger partial charge on any atom is -0.0351 e. The molecule has 1 atom stereocenters. The van der Waals surface area contributed by atoms with Gasteiger partial charge in [0, 0.05) is 0 Å². The predicted molar refractivity (Wildman–Crippen MR) is 112 cm³/mol. The molecule has 142 valence electrons. The Kier molecular flexibility index (Phi) is 18.9. The Hall–Kier alpha value is -0.260. The SMILES string of the molecule is [CH2]CC=CCCCCCCCCCC(CCCCC[CH2])CC(C)C. The van der Waals surface area contributed by atoms with Gasteiger partial charge in [-0.3, -0.25) is 0 Å². The first-order valence-electron chi connectivity index (χ1n) is 10.9. The minimum Gasteiger partial charge on any atom is -0.0885 e. The highest BCUT2D eigenvalue weighted by Crippen LogP contribution is 2.25. The molecule has 0 aromatic heterocycles. The van der Waals surface area contributed by atoms with Crippen molar-refractivity contribution in [3.8, 4) is 0 Å². The van der Waals surface area contributed by atoms with Gasteiger partial charge < -0.3 is 0 Å². The molecule has 2 radical (unpaired) electrons. The van der Waals surface area contributed by atoms with Crippen LogP contribution in [0.15, 0.2) is 12.2 Å². The average Bonchev–Trinajstić information content (AvgIpc) is 2.55. The van der Waals surface area contributed by atoms with Crippen LogP contribution in [0.1, 0.15) is 117 Å². The third-order valence-corrected chi connectivity index (χ3v) is 4.98. The molecule has 0 N–H and O–H groups in total. The largest absolute Gasteiger partial charge is 0.0885 e. The molecule has 0 nitrogen and oxygen atoms in total. The van der Waals surface area contributed by atoms with Crippen molar-refractivity contribution in [2.45, 2.75) is 117 Å². The van der Waals surface area contributed by atoms with Crippen LogP contribution in [0.2, 0.25) is 0 Å². The molecule has 0 aliphatic heterocycles. The van der Waals surface area contributed by atoms with Crippen LogP contribution < -0.4 is 0 Å². The van der Waals surface area contributed by atoms with Gasteiger partial charge in [0.25, 0.3) is 0 Å². The van der Waals surface area contributed by atoms with E-state index in [1.165, 1.54) is 89.9 Å². The third-order valence-electron chi connectivity index (χ3n) is 4.98. The number of hydrogen-bond acceptors (Lipinski definition) is 0. The van der Waals surface area contributed by atoms with E-state index in [1.54, 1.807) is 0 Å². The van der Waals surface area contributed by atoms with Crippen LogP contribution in [0.25, 0.3) is 0 Å². The Balaban J connectivity index is 3.52. The van der Waals surface area contributed by atoms with Crippen molar-refractivity contribution in [3.63, 3.8) is 0 Å². The van der Waals surface area contributed by atoms with Crippen molar-refractivity contribution in [1.82, 2.24) is 0 Å². The normalized spacial score (nSPS) is 13.2. The fourth-order valence-corrected chi connectivity index (χ4v) is 3.65. The molecule has 0 aromatic rings. The summed E-state index contributed by atoms with van der Waals surface area (Å²) in [6.07, 6.45) is 26.3. The minimum atomic E-state index is 0.861. The summed E-state index contributed by atoms with van der Waals surface area (Å²) in [6.45, 7) is 12.5. The second-order valence-corrected chi connectivity index (χ2v) is 8.01. The fourth-order valence-electron chi connectivity index (χ4n) is 3.65. The first-order valence-corrected chi connectivity index (χ1v) is 10.9. The van der Waals surface area contributed by atoms with Gasteiger partial charge in [-0.05, 0) is 44.4 Å². The van der Waals surface area contributed by atoms with Gasteiger partial charge in [0.15, 0.2) is 0 Å². The van der Waals surface area contributed by atoms with Crippen LogP contribution in [0, 0.1) is 25.7 Å². The Morgan fingerprint density at radius 1 is 0.667 bits per heavy atom. The van der Waals surface area contributed by atoms with E-state index in [0.717, 1.165) is 24.7 Å². The average molecular weight is 335 g/mol. The first-order chi connectivity index (χ1) is 11.7. The maximum atomic E-state index is 3.95. The standard InChI is InChI=1S/C24H46/c1-5-7-9-11-12-13-14-15-16-17-19-21-24(22-23(3)4)20-18-10-8-6-2/h7,9,23-24H,1-2,5-6,8,10-22H2,3-4H3. The summed E-state index contributed by atoms with van der Waals surface area (Å²) in [5.74, 6) is 1.84. The van der Waals surface area contributed by atoms with E-state index >= 15 is 0 Å². The van der Waals surface area contributed by atoms with Gasteiger partial charge in [-0.1, -0.05) is 110 Å². The lowest BCUT2D eigenvalue weighted by molar-refractivity contribution is 0.339. The van der Waals surface area contributed by atoms with E-state index in [-0.39, 0.29) is 0 Å². The quantitative estimate of drug-likeness (QED) is 0.174. The molecule has 0 heterocycles. The highest BCUT2D eigenvalue weighted by atomic mass is 14.2. The second kappa shape index (κ2) is 19.1. The lowest BCUT2D eigenvalue weighted by atomic mass is 9.87. The lowest BCUT2D eigenvalue weighted by Gasteiger charge is -2.19. The zero-order chi connectivity index (χ0) is 17.9. The van der Waals surface area contributed by atoms with Gasteiger partial charge in [0.1, 0.15) is 0 Å². The Labute approximate surface area is 154 Å². The van der Waals surface area contributed by atoms with Crippen molar-refractivity contribution in [1.29, 1.82) is 0 Å². The molecular formula is C24H46. The van der Waals surface area contributed by atoms with Crippen molar-refractivity contribution in [3.05, 3.63) is 26.0 Å². The number of allylic oxidation sites excluding steroid dienone is 2. The molecule has 0 aromatic carbocycles. The Morgan fingerprint density at radius 3 is 1.75 bits per heavy atom. The number of unbranched alkanes of at least 4 members (excludes halogenated alkanes) is 10. The minimum absolute atomic E-state index is 0.861. The summed E-state index contributed by atoms with van der Waals surface area (Å²) in [5.41, 5.74) is 0. The lowest BCUT2D eigenvalue weighted by Crippen LogP contribution is -2.05. The predicted octanol–water partition coefficient (Wildman–Crippen LogP) is 8.72. The monoisotopic (exact) mass is 334 g/mol. The van der Waals surface area contributed by atoms with Crippen LogP contribution in [-0.2, 0) is 0 Å². The summed E-state index contributed by atoms with van der Waals surface area (Å²) >= 11 is 0. The molecule has 1 unspecified atom stereocenters. The molecular weight excluding hydrogens is 288 g/mol. The van der Waals surface area contributed by atoms with Gasteiger partial charge in [0.2, 0.25) is 0 Å². The number of rotatable bonds is 18.